The zero-order chi connectivity index (χ0) is 15.1. The van der Waals surface area contributed by atoms with Crippen molar-refractivity contribution in [2.75, 3.05) is 0 Å². The monoisotopic (exact) mass is 327 g/mol. The van der Waals surface area contributed by atoms with Crippen molar-refractivity contribution >= 4 is 34.8 Å². The molecule has 0 spiro atoms. The van der Waals surface area contributed by atoms with E-state index in [1.165, 1.54) is 4.68 Å². The van der Waals surface area contributed by atoms with Crippen LogP contribution in [0.4, 0.5) is 0 Å². The third-order valence-corrected chi connectivity index (χ3v) is 3.89. The van der Waals surface area contributed by atoms with Crippen LogP contribution in [-0.2, 0) is 5.41 Å². The average Bonchev–Trinajstić information content (AvgIpc) is 2.69. The van der Waals surface area contributed by atoms with Crippen LogP contribution in [0, 0.1) is 11.3 Å². The van der Waals surface area contributed by atoms with Gasteiger partial charge in [0.15, 0.2) is 5.15 Å². The second-order valence-electron chi connectivity index (χ2n) is 5.39. The Bertz CT molecular complexity index is 706. The van der Waals surface area contributed by atoms with Gasteiger partial charge in [0.1, 0.15) is 11.6 Å². The van der Waals surface area contributed by atoms with Crippen LogP contribution in [0.1, 0.15) is 32.0 Å². The Kier molecular flexibility index (Phi) is 4.02. The first-order valence-electron chi connectivity index (χ1n) is 5.90. The van der Waals surface area contributed by atoms with Crippen molar-refractivity contribution in [2.45, 2.75) is 26.2 Å². The van der Waals surface area contributed by atoms with Gasteiger partial charge in [0.05, 0.1) is 21.4 Å². The Hall–Kier alpha value is -1.21. The maximum absolute atomic E-state index is 9.29. The van der Waals surface area contributed by atoms with Crippen LogP contribution < -0.4 is 0 Å². The molecule has 1 aromatic carbocycles. The first-order valence-corrected chi connectivity index (χ1v) is 7.03. The van der Waals surface area contributed by atoms with Crippen LogP contribution >= 0.6 is 34.8 Å². The molecule has 0 bridgehead atoms. The van der Waals surface area contributed by atoms with Crippen molar-refractivity contribution in [1.29, 1.82) is 5.26 Å². The molecule has 0 saturated heterocycles. The highest BCUT2D eigenvalue weighted by Crippen LogP contribution is 2.32. The minimum atomic E-state index is -0.282. The van der Waals surface area contributed by atoms with Crippen LogP contribution in [0.5, 0.6) is 0 Å². The normalized spacial score (nSPS) is 11.4. The fourth-order valence-corrected chi connectivity index (χ4v) is 2.37. The van der Waals surface area contributed by atoms with Crippen molar-refractivity contribution < 1.29 is 0 Å². The second-order valence-corrected chi connectivity index (χ2v) is 6.56. The lowest BCUT2D eigenvalue weighted by Gasteiger charge is -2.15. The number of halogens is 3. The molecule has 6 heteroatoms. The molecule has 0 unspecified atom stereocenters. The molecule has 1 heterocycles. The summed E-state index contributed by atoms with van der Waals surface area (Å²) in [6.07, 6.45) is 0. The van der Waals surface area contributed by atoms with E-state index >= 15 is 0 Å². The van der Waals surface area contributed by atoms with Gasteiger partial charge < -0.3 is 0 Å². The number of benzene rings is 1. The molecular formula is C14H12Cl3N3. The van der Waals surface area contributed by atoms with E-state index in [-0.39, 0.29) is 10.6 Å². The number of nitrogens with zero attached hydrogens (tertiary/aromatic N) is 3. The summed E-state index contributed by atoms with van der Waals surface area (Å²) in [5, 5.41) is 14.9. The molecule has 104 valence electrons. The highest BCUT2D eigenvalue weighted by molar-refractivity contribution is 6.42. The zero-order valence-electron chi connectivity index (χ0n) is 11.2. The van der Waals surface area contributed by atoms with E-state index in [2.05, 4.69) is 11.2 Å². The standard InChI is InChI=1S/C14H12Cl3N3/c1-14(2,3)12-9(7-18)13(17)20(19-12)8-4-5-10(15)11(16)6-8/h4-6H,1-3H3. The molecule has 1 aromatic heterocycles. The first-order chi connectivity index (χ1) is 9.25. The molecule has 0 aliphatic carbocycles. The largest absolute Gasteiger partial charge is 0.220 e. The third-order valence-electron chi connectivity index (χ3n) is 2.80. The van der Waals surface area contributed by atoms with Gasteiger partial charge in [-0.1, -0.05) is 55.6 Å². The van der Waals surface area contributed by atoms with Gasteiger partial charge >= 0.3 is 0 Å². The number of aromatic nitrogens is 2. The van der Waals surface area contributed by atoms with E-state index in [0.29, 0.717) is 27.0 Å². The Balaban J connectivity index is 2.67. The predicted molar refractivity (Wildman–Crippen MR) is 82.0 cm³/mol. The molecule has 2 aromatic rings. The van der Waals surface area contributed by atoms with Crippen LogP contribution in [0.3, 0.4) is 0 Å². The highest BCUT2D eigenvalue weighted by atomic mass is 35.5. The average molecular weight is 329 g/mol. The van der Waals surface area contributed by atoms with Crippen LogP contribution in [0.15, 0.2) is 18.2 Å². The third kappa shape index (κ3) is 2.64. The summed E-state index contributed by atoms with van der Waals surface area (Å²) >= 11 is 18.2. The SMILES string of the molecule is CC(C)(C)c1nn(-c2ccc(Cl)c(Cl)c2)c(Cl)c1C#N. The maximum Gasteiger partial charge on any atom is 0.150 e. The molecule has 2 rings (SSSR count). The van der Waals surface area contributed by atoms with E-state index in [9.17, 15) is 5.26 Å². The molecule has 0 fully saturated rings. The summed E-state index contributed by atoms with van der Waals surface area (Å²) in [5.41, 5.74) is 1.41. The van der Waals surface area contributed by atoms with Crippen molar-refractivity contribution in [1.82, 2.24) is 9.78 Å². The summed E-state index contributed by atoms with van der Waals surface area (Å²) in [4.78, 5) is 0. The summed E-state index contributed by atoms with van der Waals surface area (Å²) in [7, 11) is 0. The second kappa shape index (κ2) is 5.29. The number of nitriles is 1. The zero-order valence-corrected chi connectivity index (χ0v) is 13.5. The van der Waals surface area contributed by atoms with Crippen molar-refractivity contribution in [3.05, 3.63) is 44.7 Å². The number of hydrogen-bond donors (Lipinski definition) is 0. The predicted octanol–water partition coefficient (Wildman–Crippen LogP) is 5.00. The number of rotatable bonds is 1. The van der Waals surface area contributed by atoms with E-state index in [1.807, 2.05) is 20.8 Å². The molecule has 0 aliphatic rings. The fourth-order valence-electron chi connectivity index (χ4n) is 1.81. The van der Waals surface area contributed by atoms with E-state index < -0.39 is 0 Å². The van der Waals surface area contributed by atoms with Crippen LogP contribution in [-0.4, -0.2) is 9.78 Å². The minimum Gasteiger partial charge on any atom is -0.220 e. The molecule has 0 amide bonds. The molecule has 0 N–H and O–H groups in total. The topological polar surface area (TPSA) is 41.6 Å². The summed E-state index contributed by atoms with van der Waals surface area (Å²) < 4.78 is 1.50. The van der Waals surface area contributed by atoms with Gasteiger partial charge in [-0.05, 0) is 18.2 Å². The van der Waals surface area contributed by atoms with Gasteiger partial charge in [0, 0.05) is 5.41 Å². The molecular weight excluding hydrogens is 317 g/mol. The van der Waals surface area contributed by atoms with E-state index in [0.717, 1.165) is 0 Å². The summed E-state index contributed by atoms with van der Waals surface area (Å²) in [6.45, 7) is 5.93. The molecule has 3 nitrogen and oxygen atoms in total. The van der Waals surface area contributed by atoms with Crippen LogP contribution in [0.25, 0.3) is 5.69 Å². The van der Waals surface area contributed by atoms with E-state index in [1.54, 1.807) is 18.2 Å². The molecule has 0 radical (unpaired) electrons. The lowest BCUT2D eigenvalue weighted by atomic mass is 9.90. The smallest absolute Gasteiger partial charge is 0.150 e. The quantitative estimate of drug-likeness (QED) is 0.739. The summed E-state index contributed by atoms with van der Waals surface area (Å²) in [5.74, 6) is 0. The number of hydrogen-bond acceptors (Lipinski definition) is 2. The minimum absolute atomic E-state index is 0.274. The molecule has 0 saturated carbocycles. The Morgan fingerprint density at radius 3 is 2.25 bits per heavy atom. The van der Waals surface area contributed by atoms with Crippen molar-refractivity contribution in [2.24, 2.45) is 0 Å². The fraction of sp³-hybridized carbons (Fsp3) is 0.286. The van der Waals surface area contributed by atoms with Gasteiger partial charge in [-0.3, -0.25) is 0 Å². The maximum atomic E-state index is 9.29. The Labute approximate surface area is 132 Å². The molecule has 20 heavy (non-hydrogen) atoms. The summed E-state index contributed by atoms with van der Waals surface area (Å²) in [6, 6.07) is 7.19. The van der Waals surface area contributed by atoms with Gasteiger partial charge in [-0.25, -0.2) is 4.68 Å². The Morgan fingerprint density at radius 2 is 1.80 bits per heavy atom. The van der Waals surface area contributed by atoms with Gasteiger partial charge in [-0.2, -0.15) is 10.4 Å². The first kappa shape index (κ1) is 15.2. The lowest BCUT2D eigenvalue weighted by molar-refractivity contribution is 0.559. The van der Waals surface area contributed by atoms with Crippen LogP contribution in [0.2, 0.25) is 15.2 Å². The highest BCUT2D eigenvalue weighted by Gasteiger charge is 2.26. The van der Waals surface area contributed by atoms with Gasteiger partial charge in [0.2, 0.25) is 0 Å². The van der Waals surface area contributed by atoms with Gasteiger partial charge in [-0.15, -0.1) is 0 Å². The Morgan fingerprint density at radius 1 is 1.15 bits per heavy atom. The van der Waals surface area contributed by atoms with E-state index in [4.69, 9.17) is 34.8 Å². The molecule has 0 aliphatic heterocycles. The molecule has 0 atom stereocenters. The van der Waals surface area contributed by atoms with Gasteiger partial charge in [0.25, 0.3) is 0 Å². The lowest BCUT2D eigenvalue weighted by Crippen LogP contribution is -2.14. The van der Waals surface area contributed by atoms with Crippen molar-refractivity contribution in [3.8, 4) is 11.8 Å². The van der Waals surface area contributed by atoms with Crippen molar-refractivity contribution in [3.63, 3.8) is 0 Å².